The number of hydrogen-bond acceptors (Lipinski definition) is 7. The Labute approximate surface area is 289 Å². The zero-order chi connectivity index (χ0) is 35.0. The maximum atomic E-state index is 12.6. The summed E-state index contributed by atoms with van der Waals surface area (Å²) in [6, 6.07) is -0.717. The Hall–Kier alpha value is -1.67. The van der Waals surface area contributed by atoms with Crippen molar-refractivity contribution < 1.29 is 38.2 Å². The Morgan fingerprint density at radius 2 is 0.936 bits per heavy atom. The van der Waals surface area contributed by atoms with E-state index in [4.69, 9.17) is 14.2 Å². The van der Waals surface area contributed by atoms with Gasteiger partial charge in [0.1, 0.15) is 12.6 Å². The van der Waals surface area contributed by atoms with Gasteiger partial charge in [-0.1, -0.05) is 149 Å². The smallest absolute Gasteiger partial charge is 0.306 e. The van der Waals surface area contributed by atoms with Crippen molar-refractivity contribution in [3.63, 3.8) is 0 Å². The van der Waals surface area contributed by atoms with Gasteiger partial charge in [0.05, 0.1) is 40.3 Å². The van der Waals surface area contributed by atoms with Crippen LogP contribution in [-0.2, 0) is 28.6 Å². The fraction of sp³-hybridized carbons (Fsp3) is 0.923. The highest BCUT2D eigenvalue weighted by atomic mass is 16.6. The zero-order valence-electron chi connectivity index (χ0n) is 31.5. The van der Waals surface area contributed by atoms with Crippen molar-refractivity contribution in [3.8, 4) is 0 Å². The van der Waals surface area contributed by atoms with Crippen molar-refractivity contribution in [1.82, 2.24) is 0 Å². The first-order valence-corrected chi connectivity index (χ1v) is 19.6. The third kappa shape index (κ3) is 30.1. The van der Waals surface area contributed by atoms with Gasteiger partial charge in [-0.15, -0.1) is 0 Å². The minimum atomic E-state index is -1.12. The van der Waals surface area contributed by atoms with Gasteiger partial charge in [-0.2, -0.15) is 0 Å². The summed E-state index contributed by atoms with van der Waals surface area (Å²) >= 11 is 0. The quantitative estimate of drug-likeness (QED) is 0.0379. The predicted octanol–water partition coefficient (Wildman–Crippen LogP) is 8.47. The van der Waals surface area contributed by atoms with Crippen LogP contribution in [0, 0.1) is 0 Å². The van der Waals surface area contributed by atoms with Gasteiger partial charge in [0.15, 0.2) is 6.10 Å². The second-order valence-electron chi connectivity index (χ2n) is 14.5. The van der Waals surface area contributed by atoms with Gasteiger partial charge in [-0.3, -0.25) is 9.59 Å². The third-order valence-electron chi connectivity index (χ3n) is 8.99. The van der Waals surface area contributed by atoms with Crippen LogP contribution in [0.3, 0.4) is 0 Å². The number of carboxylic acids is 1. The normalized spacial score (nSPS) is 13.0. The van der Waals surface area contributed by atoms with Gasteiger partial charge in [0, 0.05) is 19.3 Å². The number of ether oxygens (including phenoxy) is 3. The van der Waals surface area contributed by atoms with E-state index < -0.39 is 18.1 Å². The molecule has 0 aromatic heterocycles. The number of likely N-dealkylation sites (N-methyl/N-ethyl adjacent to an activating group) is 1. The molecule has 0 spiro atoms. The molecule has 0 aromatic carbocycles. The van der Waals surface area contributed by atoms with Crippen molar-refractivity contribution in [1.29, 1.82) is 0 Å². The first-order chi connectivity index (χ1) is 22.6. The highest BCUT2D eigenvalue weighted by Crippen LogP contribution is 2.15. The number of quaternary nitrogens is 1. The number of unbranched alkanes of at least 4 members (excludes halogenated alkanes) is 21. The average molecular weight is 670 g/mol. The van der Waals surface area contributed by atoms with Gasteiger partial charge < -0.3 is 28.6 Å². The van der Waals surface area contributed by atoms with Crippen molar-refractivity contribution >= 4 is 17.9 Å². The molecule has 0 heterocycles. The Balaban J connectivity index is 4.24. The minimum absolute atomic E-state index is 0.0476. The second kappa shape index (κ2) is 31.6. The van der Waals surface area contributed by atoms with Crippen molar-refractivity contribution in [2.75, 3.05) is 41.0 Å². The van der Waals surface area contributed by atoms with Crippen LogP contribution in [0.1, 0.15) is 181 Å². The molecule has 2 atom stereocenters. The third-order valence-corrected chi connectivity index (χ3v) is 8.99. The largest absolute Gasteiger partial charge is 0.544 e. The first-order valence-electron chi connectivity index (χ1n) is 19.6. The van der Waals surface area contributed by atoms with Crippen molar-refractivity contribution in [2.24, 2.45) is 0 Å². The van der Waals surface area contributed by atoms with Crippen LogP contribution in [0.5, 0.6) is 0 Å². The van der Waals surface area contributed by atoms with E-state index in [1.165, 1.54) is 109 Å². The number of aliphatic carboxylic acids is 1. The lowest BCUT2D eigenvalue weighted by molar-refractivity contribution is -0.889. The molecule has 0 radical (unpaired) electrons. The summed E-state index contributed by atoms with van der Waals surface area (Å²) in [5.74, 6) is -1.73. The number of carbonyl (C=O) groups excluding carboxylic acids is 3. The Kier molecular flexibility index (Phi) is 30.5. The summed E-state index contributed by atoms with van der Waals surface area (Å²) in [7, 11) is 5.40. The number of carbonyl (C=O) groups is 3. The molecular weight excluding hydrogens is 594 g/mol. The van der Waals surface area contributed by atoms with E-state index in [-0.39, 0.29) is 42.7 Å². The highest BCUT2D eigenvalue weighted by molar-refractivity contribution is 5.70. The molecule has 8 nitrogen and oxygen atoms in total. The van der Waals surface area contributed by atoms with E-state index in [1.807, 2.05) is 0 Å². The molecule has 0 saturated carbocycles. The van der Waals surface area contributed by atoms with Gasteiger partial charge >= 0.3 is 11.9 Å². The number of rotatable bonds is 35. The highest BCUT2D eigenvalue weighted by Gasteiger charge is 2.25. The number of esters is 2. The molecule has 0 aromatic rings. The predicted molar refractivity (Wildman–Crippen MR) is 190 cm³/mol. The molecule has 278 valence electrons. The molecule has 0 saturated heterocycles. The summed E-state index contributed by atoms with van der Waals surface area (Å²) in [4.78, 5) is 36.4. The fourth-order valence-electron chi connectivity index (χ4n) is 5.89. The SMILES string of the molecule is CCCCCCCCCCCCCCCCCCCC(=O)OC(COCCC(C(=O)[O-])[N+](C)(C)C)COC(=O)CCCCCCCC. The average Bonchev–Trinajstić information content (AvgIpc) is 3.01. The maximum Gasteiger partial charge on any atom is 0.306 e. The maximum absolute atomic E-state index is 12.6. The topological polar surface area (TPSA) is 102 Å². The van der Waals surface area contributed by atoms with E-state index in [0.717, 1.165) is 38.5 Å². The van der Waals surface area contributed by atoms with Crippen molar-refractivity contribution in [2.45, 2.75) is 193 Å². The van der Waals surface area contributed by atoms with Crippen LogP contribution >= 0.6 is 0 Å². The first kappa shape index (κ1) is 45.3. The van der Waals surface area contributed by atoms with E-state index in [1.54, 1.807) is 21.1 Å². The standard InChI is InChI=1S/C39H75NO7/c1-6-8-10-12-14-15-16-17-18-19-20-21-22-23-24-26-28-30-38(42)47-35(33-45-32-31-36(39(43)44)40(3,4)5)34-46-37(41)29-27-25-13-11-9-7-2/h35-36H,6-34H2,1-5H3. The van der Waals surface area contributed by atoms with Crippen LogP contribution in [0.2, 0.25) is 0 Å². The molecule has 0 aliphatic rings. The molecule has 2 unspecified atom stereocenters. The van der Waals surface area contributed by atoms with Crippen LogP contribution in [0.4, 0.5) is 0 Å². The summed E-state index contributed by atoms with van der Waals surface area (Å²) in [6.45, 7) is 4.61. The molecule has 0 aliphatic heterocycles. The number of carboxylic acid groups (broad SMARTS) is 1. The Morgan fingerprint density at radius 3 is 1.32 bits per heavy atom. The van der Waals surface area contributed by atoms with Crippen LogP contribution in [0.25, 0.3) is 0 Å². The summed E-state index contributed by atoms with van der Waals surface area (Å²) in [6.07, 6.45) is 28.6. The molecule has 0 N–H and O–H groups in total. The van der Waals surface area contributed by atoms with E-state index >= 15 is 0 Å². The van der Waals surface area contributed by atoms with Gasteiger partial charge in [0.2, 0.25) is 0 Å². The molecule has 0 bridgehead atoms. The monoisotopic (exact) mass is 670 g/mol. The molecule has 0 amide bonds. The lowest BCUT2D eigenvalue weighted by Crippen LogP contribution is -2.55. The van der Waals surface area contributed by atoms with Crippen molar-refractivity contribution in [3.05, 3.63) is 0 Å². The zero-order valence-corrected chi connectivity index (χ0v) is 31.5. The lowest BCUT2D eigenvalue weighted by Gasteiger charge is -2.34. The van der Waals surface area contributed by atoms with Gasteiger partial charge in [0.25, 0.3) is 0 Å². The number of hydrogen-bond donors (Lipinski definition) is 0. The fourth-order valence-corrected chi connectivity index (χ4v) is 5.89. The summed E-state index contributed by atoms with van der Waals surface area (Å²) < 4.78 is 17.0. The molecule has 47 heavy (non-hydrogen) atoms. The Bertz CT molecular complexity index is 752. The van der Waals surface area contributed by atoms with E-state index in [9.17, 15) is 19.5 Å². The van der Waals surface area contributed by atoms with E-state index in [2.05, 4.69) is 13.8 Å². The molecule has 0 rings (SSSR count). The Morgan fingerprint density at radius 1 is 0.553 bits per heavy atom. The number of nitrogens with zero attached hydrogens (tertiary/aromatic N) is 1. The van der Waals surface area contributed by atoms with Crippen LogP contribution in [-0.4, -0.2) is 75.5 Å². The molecule has 0 fully saturated rings. The lowest BCUT2D eigenvalue weighted by atomic mass is 10.0. The molecule has 0 aliphatic carbocycles. The summed E-state index contributed by atoms with van der Waals surface area (Å²) in [5, 5.41) is 11.5. The van der Waals surface area contributed by atoms with E-state index in [0.29, 0.717) is 12.8 Å². The molecular formula is C39H75NO7. The van der Waals surface area contributed by atoms with Gasteiger partial charge in [-0.05, 0) is 12.8 Å². The minimum Gasteiger partial charge on any atom is -0.544 e. The van der Waals surface area contributed by atoms with Crippen LogP contribution in [0.15, 0.2) is 0 Å². The molecule has 8 heteroatoms. The second-order valence-corrected chi connectivity index (χ2v) is 14.5. The summed E-state index contributed by atoms with van der Waals surface area (Å²) in [5.41, 5.74) is 0. The van der Waals surface area contributed by atoms with Crippen LogP contribution < -0.4 is 5.11 Å². The van der Waals surface area contributed by atoms with Gasteiger partial charge in [-0.25, -0.2) is 0 Å².